The molecule has 6 nitrogen and oxygen atoms in total. The number of carbonyl (C=O) groups is 1. The van der Waals surface area contributed by atoms with Crippen molar-refractivity contribution in [2.24, 2.45) is 0 Å². The number of piperazine rings is 1. The summed E-state index contributed by atoms with van der Waals surface area (Å²) in [6.07, 6.45) is 0. The number of esters is 1. The lowest BCUT2D eigenvalue weighted by molar-refractivity contribution is 0.0601. The number of hydrogen-bond acceptors (Lipinski definition) is 6. The van der Waals surface area contributed by atoms with Crippen LogP contribution in [0, 0.1) is 0 Å². The highest BCUT2D eigenvalue weighted by atomic mass is 16.5. The van der Waals surface area contributed by atoms with Crippen LogP contribution in [0.1, 0.15) is 10.4 Å². The van der Waals surface area contributed by atoms with Gasteiger partial charge in [0.1, 0.15) is 5.75 Å². The summed E-state index contributed by atoms with van der Waals surface area (Å²) in [4.78, 5) is 16.2. The van der Waals surface area contributed by atoms with Gasteiger partial charge in [-0.05, 0) is 42.5 Å². The lowest BCUT2D eigenvalue weighted by Gasteiger charge is -2.38. The smallest absolute Gasteiger partial charge is 0.337 e. The van der Waals surface area contributed by atoms with Crippen molar-refractivity contribution in [2.75, 3.05) is 55.9 Å². The minimum Gasteiger partial charge on any atom is -0.497 e. The molecule has 132 valence electrons. The van der Waals surface area contributed by atoms with Crippen molar-refractivity contribution in [1.82, 2.24) is 0 Å². The Balaban J connectivity index is 1.66. The number of anilines is 3. The average Bonchev–Trinajstić information content (AvgIpc) is 2.67. The van der Waals surface area contributed by atoms with Gasteiger partial charge in [-0.1, -0.05) is 0 Å². The van der Waals surface area contributed by atoms with Gasteiger partial charge in [-0.3, -0.25) is 0 Å². The Bertz CT molecular complexity index is 738. The molecule has 0 bridgehead atoms. The van der Waals surface area contributed by atoms with Gasteiger partial charge in [-0.25, -0.2) is 4.79 Å². The molecular weight excluding hydrogens is 318 g/mol. The van der Waals surface area contributed by atoms with E-state index in [1.807, 2.05) is 18.2 Å². The average molecular weight is 341 g/mol. The minimum absolute atomic E-state index is 0.373. The van der Waals surface area contributed by atoms with Crippen molar-refractivity contribution in [2.45, 2.75) is 0 Å². The Kier molecular flexibility index (Phi) is 4.97. The summed E-state index contributed by atoms with van der Waals surface area (Å²) in [7, 11) is 3.04. The van der Waals surface area contributed by atoms with Gasteiger partial charge in [0.25, 0.3) is 0 Å². The number of ether oxygens (including phenoxy) is 2. The van der Waals surface area contributed by atoms with Gasteiger partial charge in [0.15, 0.2) is 0 Å². The zero-order valence-corrected chi connectivity index (χ0v) is 14.6. The summed E-state index contributed by atoms with van der Waals surface area (Å²) in [5.41, 5.74) is 9.37. The molecule has 3 rings (SSSR count). The zero-order chi connectivity index (χ0) is 17.8. The summed E-state index contributed by atoms with van der Waals surface area (Å²) in [6, 6.07) is 13.4. The van der Waals surface area contributed by atoms with Crippen LogP contribution in [0.3, 0.4) is 0 Å². The van der Waals surface area contributed by atoms with Crippen molar-refractivity contribution in [1.29, 1.82) is 0 Å². The maximum absolute atomic E-state index is 11.6. The molecule has 0 saturated carbocycles. The molecule has 1 heterocycles. The first kappa shape index (κ1) is 17.0. The molecule has 1 saturated heterocycles. The molecule has 2 N–H and O–H groups in total. The van der Waals surface area contributed by atoms with Crippen molar-refractivity contribution >= 4 is 23.0 Å². The first-order chi connectivity index (χ1) is 12.1. The predicted molar refractivity (Wildman–Crippen MR) is 99.6 cm³/mol. The Morgan fingerprint density at radius 1 is 0.960 bits per heavy atom. The van der Waals surface area contributed by atoms with Crippen LogP contribution >= 0.6 is 0 Å². The normalized spacial score (nSPS) is 14.3. The first-order valence-electron chi connectivity index (χ1n) is 8.24. The number of rotatable bonds is 4. The Hall–Kier alpha value is -2.89. The maximum Gasteiger partial charge on any atom is 0.337 e. The molecule has 0 aromatic heterocycles. The van der Waals surface area contributed by atoms with Gasteiger partial charge >= 0.3 is 5.97 Å². The van der Waals surface area contributed by atoms with E-state index in [9.17, 15) is 4.79 Å². The number of methoxy groups -OCH3 is 2. The second kappa shape index (κ2) is 7.34. The van der Waals surface area contributed by atoms with E-state index in [0.29, 0.717) is 11.3 Å². The number of nitrogen functional groups attached to an aromatic ring is 1. The van der Waals surface area contributed by atoms with Crippen LogP contribution in [-0.2, 0) is 4.74 Å². The van der Waals surface area contributed by atoms with Crippen molar-refractivity contribution in [3.63, 3.8) is 0 Å². The van der Waals surface area contributed by atoms with Crippen LogP contribution in [-0.4, -0.2) is 46.4 Å². The summed E-state index contributed by atoms with van der Waals surface area (Å²) >= 11 is 0. The van der Waals surface area contributed by atoms with Gasteiger partial charge < -0.3 is 25.0 Å². The van der Waals surface area contributed by atoms with E-state index in [1.54, 1.807) is 19.2 Å². The molecule has 1 aliphatic rings. The van der Waals surface area contributed by atoms with E-state index in [0.717, 1.165) is 37.6 Å². The third-order valence-electron chi connectivity index (χ3n) is 4.51. The van der Waals surface area contributed by atoms with E-state index in [-0.39, 0.29) is 5.97 Å². The lowest BCUT2D eigenvalue weighted by Crippen LogP contribution is -2.46. The molecule has 0 amide bonds. The number of nitrogens with two attached hydrogens (primary N) is 1. The fourth-order valence-electron chi connectivity index (χ4n) is 3.09. The second-order valence-electron chi connectivity index (χ2n) is 5.94. The second-order valence-corrected chi connectivity index (χ2v) is 5.94. The van der Waals surface area contributed by atoms with Crippen LogP contribution in [0.25, 0.3) is 0 Å². The third-order valence-corrected chi connectivity index (χ3v) is 4.51. The fourth-order valence-corrected chi connectivity index (χ4v) is 3.09. The Labute approximate surface area is 147 Å². The standard InChI is InChI=1S/C19H23N3O3/c1-24-16-6-4-15(5-7-16)21-9-11-22(12-10-21)18-8-3-14(13-17(18)20)19(23)25-2/h3-8,13H,9-12,20H2,1-2H3. The minimum atomic E-state index is -0.373. The van der Waals surface area contributed by atoms with Crippen molar-refractivity contribution < 1.29 is 14.3 Å². The van der Waals surface area contributed by atoms with E-state index < -0.39 is 0 Å². The highest BCUT2D eigenvalue weighted by Crippen LogP contribution is 2.27. The van der Waals surface area contributed by atoms with Crippen LogP contribution in [0.4, 0.5) is 17.1 Å². The highest BCUT2D eigenvalue weighted by Gasteiger charge is 2.20. The molecule has 0 radical (unpaired) electrons. The summed E-state index contributed by atoms with van der Waals surface area (Å²) in [5.74, 6) is 0.489. The van der Waals surface area contributed by atoms with Crippen molar-refractivity contribution in [3.8, 4) is 5.75 Å². The fraction of sp³-hybridized carbons (Fsp3) is 0.316. The van der Waals surface area contributed by atoms with Gasteiger partial charge in [0.2, 0.25) is 0 Å². The van der Waals surface area contributed by atoms with E-state index in [2.05, 4.69) is 21.9 Å². The number of carbonyl (C=O) groups excluding carboxylic acids is 1. The highest BCUT2D eigenvalue weighted by molar-refractivity contribution is 5.92. The quantitative estimate of drug-likeness (QED) is 0.680. The van der Waals surface area contributed by atoms with Gasteiger partial charge in [0.05, 0.1) is 31.2 Å². The molecule has 1 fully saturated rings. The van der Waals surface area contributed by atoms with Crippen molar-refractivity contribution in [3.05, 3.63) is 48.0 Å². The third kappa shape index (κ3) is 3.63. The zero-order valence-electron chi connectivity index (χ0n) is 14.6. The molecule has 2 aromatic carbocycles. The molecular formula is C19H23N3O3. The Morgan fingerprint density at radius 3 is 2.16 bits per heavy atom. The van der Waals surface area contributed by atoms with Gasteiger partial charge in [-0.15, -0.1) is 0 Å². The Morgan fingerprint density at radius 2 is 1.60 bits per heavy atom. The molecule has 2 aromatic rings. The SMILES string of the molecule is COC(=O)c1ccc(N2CCN(c3ccc(OC)cc3)CC2)c(N)c1. The predicted octanol–water partition coefficient (Wildman–Crippen LogP) is 2.39. The molecule has 1 aliphatic heterocycles. The van der Waals surface area contributed by atoms with Gasteiger partial charge in [-0.2, -0.15) is 0 Å². The molecule has 25 heavy (non-hydrogen) atoms. The summed E-state index contributed by atoms with van der Waals surface area (Å²) in [5, 5.41) is 0. The molecule has 0 unspecified atom stereocenters. The van der Waals surface area contributed by atoms with Crippen LogP contribution in [0.5, 0.6) is 5.75 Å². The first-order valence-corrected chi connectivity index (χ1v) is 8.24. The van der Waals surface area contributed by atoms with E-state index in [1.165, 1.54) is 12.8 Å². The number of benzene rings is 2. The summed E-state index contributed by atoms with van der Waals surface area (Å²) < 4.78 is 9.94. The van der Waals surface area contributed by atoms with Crippen LogP contribution in [0.2, 0.25) is 0 Å². The summed E-state index contributed by atoms with van der Waals surface area (Å²) in [6.45, 7) is 3.55. The lowest BCUT2D eigenvalue weighted by atomic mass is 10.1. The van der Waals surface area contributed by atoms with Crippen LogP contribution in [0.15, 0.2) is 42.5 Å². The molecule has 0 atom stereocenters. The molecule has 0 aliphatic carbocycles. The monoisotopic (exact) mass is 341 g/mol. The van der Waals surface area contributed by atoms with E-state index >= 15 is 0 Å². The van der Waals surface area contributed by atoms with Crippen LogP contribution < -0.4 is 20.3 Å². The molecule has 0 spiro atoms. The van der Waals surface area contributed by atoms with E-state index in [4.69, 9.17) is 15.2 Å². The number of nitrogens with zero attached hydrogens (tertiary/aromatic N) is 2. The topological polar surface area (TPSA) is 68.0 Å². The van der Waals surface area contributed by atoms with Gasteiger partial charge in [0, 0.05) is 31.9 Å². The largest absolute Gasteiger partial charge is 0.497 e. The maximum atomic E-state index is 11.6. The number of hydrogen-bond donors (Lipinski definition) is 1. The molecule has 6 heteroatoms.